The third kappa shape index (κ3) is 5.79. The second kappa shape index (κ2) is 11.7. The molecule has 3 heterocycles. The first-order valence-corrected chi connectivity index (χ1v) is 14.5. The number of H-pyrrole nitrogens is 1. The fraction of sp³-hybridized carbons (Fsp3) is 0.333. The molecule has 41 heavy (non-hydrogen) atoms. The summed E-state index contributed by atoms with van der Waals surface area (Å²) in [5.74, 6) is -0.479. The largest absolute Gasteiger partial charge is 0.368 e. The third-order valence-corrected chi connectivity index (χ3v) is 8.54. The summed E-state index contributed by atoms with van der Waals surface area (Å²) in [6.07, 6.45) is 2.96. The number of likely N-dealkylation sites (N-methyl/N-ethyl adjacent to an activating group) is 1. The van der Waals surface area contributed by atoms with Crippen LogP contribution in [-0.4, -0.2) is 72.5 Å². The summed E-state index contributed by atoms with van der Waals surface area (Å²) in [4.78, 5) is 37.2. The smallest absolute Gasteiger partial charge is 0.318 e. The molecule has 212 valence electrons. The van der Waals surface area contributed by atoms with Crippen molar-refractivity contribution in [2.45, 2.75) is 31.8 Å². The van der Waals surface area contributed by atoms with Crippen molar-refractivity contribution < 1.29 is 9.59 Å². The van der Waals surface area contributed by atoms with Crippen LogP contribution in [0.5, 0.6) is 0 Å². The van der Waals surface area contributed by atoms with E-state index in [9.17, 15) is 9.59 Å². The van der Waals surface area contributed by atoms with Crippen molar-refractivity contribution >= 4 is 34.2 Å². The number of hydrogen-bond acceptors (Lipinski definition) is 4. The Morgan fingerprint density at radius 3 is 2.44 bits per heavy atom. The summed E-state index contributed by atoms with van der Waals surface area (Å²) < 4.78 is 0. The molecular formula is C33H38N6O2. The number of rotatable bonds is 6. The normalized spacial score (nSPS) is 17.1. The second-order valence-corrected chi connectivity index (χ2v) is 11.3. The first-order chi connectivity index (χ1) is 20.0. The molecule has 0 bridgehead atoms. The van der Waals surface area contributed by atoms with E-state index in [4.69, 9.17) is 0 Å². The van der Waals surface area contributed by atoms with Gasteiger partial charge in [-0.2, -0.15) is 0 Å². The van der Waals surface area contributed by atoms with Crippen molar-refractivity contribution in [3.05, 3.63) is 95.7 Å². The Hall–Kier alpha value is -4.30. The van der Waals surface area contributed by atoms with Crippen molar-refractivity contribution in [3.63, 3.8) is 0 Å². The summed E-state index contributed by atoms with van der Waals surface area (Å²) in [7, 11) is 2.11. The minimum atomic E-state index is -0.757. The van der Waals surface area contributed by atoms with Gasteiger partial charge < -0.3 is 30.3 Å². The molecule has 2 aliphatic rings. The van der Waals surface area contributed by atoms with Crippen LogP contribution in [0.4, 0.5) is 16.2 Å². The van der Waals surface area contributed by atoms with Gasteiger partial charge in [-0.15, -0.1) is 0 Å². The number of aromatic amines is 1. The molecular weight excluding hydrogens is 512 g/mol. The van der Waals surface area contributed by atoms with Gasteiger partial charge in [0.15, 0.2) is 0 Å². The van der Waals surface area contributed by atoms with E-state index >= 15 is 0 Å². The van der Waals surface area contributed by atoms with Gasteiger partial charge in [0, 0.05) is 73.7 Å². The van der Waals surface area contributed by atoms with E-state index in [0.29, 0.717) is 13.1 Å². The van der Waals surface area contributed by atoms with E-state index in [1.807, 2.05) is 60.5 Å². The highest BCUT2D eigenvalue weighted by Gasteiger charge is 2.32. The van der Waals surface area contributed by atoms with Crippen LogP contribution in [0.2, 0.25) is 0 Å². The first kappa shape index (κ1) is 26.9. The minimum Gasteiger partial charge on any atom is -0.368 e. The van der Waals surface area contributed by atoms with E-state index in [2.05, 4.69) is 62.8 Å². The van der Waals surface area contributed by atoms with Gasteiger partial charge in [0.1, 0.15) is 6.04 Å². The lowest BCUT2D eigenvalue weighted by atomic mass is 9.92. The second-order valence-electron chi connectivity index (χ2n) is 11.3. The molecule has 3 N–H and O–H groups in total. The number of carbonyl (C=O) groups is 2. The van der Waals surface area contributed by atoms with Gasteiger partial charge in [0.05, 0.1) is 0 Å². The Morgan fingerprint density at radius 2 is 1.63 bits per heavy atom. The van der Waals surface area contributed by atoms with Crippen molar-refractivity contribution in [1.82, 2.24) is 20.1 Å². The maximum Gasteiger partial charge on any atom is 0.318 e. The Balaban J connectivity index is 1.21. The maximum absolute atomic E-state index is 13.9. The van der Waals surface area contributed by atoms with Crippen LogP contribution in [0.25, 0.3) is 10.9 Å². The molecule has 0 saturated carbocycles. The number of amides is 3. The summed E-state index contributed by atoms with van der Waals surface area (Å²) in [6, 6.07) is 23.5. The van der Waals surface area contributed by atoms with E-state index in [1.54, 1.807) is 0 Å². The summed E-state index contributed by atoms with van der Waals surface area (Å²) in [6.45, 7) is 6.58. The van der Waals surface area contributed by atoms with Crippen molar-refractivity contribution in [3.8, 4) is 0 Å². The van der Waals surface area contributed by atoms with E-state index < -0.39 is 6.04 Å². The number of fused-ring (bicyclic) bond motifs is 2. The van der Waals surface area contributed by atoms with Crippen molar-refractivity contribution in [2.75, 3.05) is 50.0 Å². The molecule has 1 aromatic heterocycles. The number of carbonyl (C=O) groups excluding carboxylic acids is 2. The molecule has 3 amide bonds. The topological polar surface area (TPSA) is 83.7 Å². The highest BCUT2D eigenvalue weighted by atomic mass is 16.2. The minimum absolute atomic E-state index is 0.211. The Kier molecular flexibility index (Phi) is 7.65. The lowest BCUT2D eigenvalue weighted by Gasteiger charge is -2.37. The number of para-hydroxylation sites is 2. The number of benzene rings is 3. The van der Waals surface area contributed by atoms with E-state index in [-0.39, 0.29) is 17.9 Å². The van der Waals surface area contributed by atoms with Crippen LogP contribution in [0.3, 0.4) is 0 Å². The van der Waals surface area contributed by atoms with Crippen LogP contribution < -0.4 is 15.5 Å². The highest BCUT2D eigenvalue weighted by Crippen LogP contribution is 2.29. The molecule has 4 aromatic rings. The molecule has 6 rings (SSSR count). The number of anilines is 2. The lowest BCUT2D eigenvalue weighted by molar-refractivity contribution is -0.118. The Labute approximate surface area is 241 Å². The van der Waals surface area contributed by atoms with Crippen LogP contribution >= 0.6 is 0 Å². The number of aromatic nitrogens is 1. The van der Waals surface area contributed by atoms with Gasteiger partial charge in [-0.1, -0.05) is 49.4 Å². The van der Waals surface area contributed by atoms with Gasteiger partial charge in [0.2, 0.25) is 5.91 Å². The molecule has 1 saturated heterocycles. The molecule has 0 spiro atoms. The number of hydrogen-bond donors (Lipinski definition) is 3. The lowest BCUT2D eigenvalue weighted by Crippen LogP contribution is -2.56. The zero-order valence-corrected chi connectivity index (χ0v) is 23.8. The number of nitrogens with one attached hydrogen (secondary N) is 3. The number of nitrogens with zero attached hydrogens (tertiary/aromatic N) is 3. The quantitative estimate of drug-likeness (QED) is 0.322. The summed E-state index contributed by atoms with van der Waals surface area (Å²) in [5.41, 5.74) is 6.49. The monoisotopic (exact) mass is 550 g/mol. The molecule has 2 aliphatic heterocycles. The predicted molar refractivity (Wildman–Crippen MR) is 164 cm³/mol. The van der Waals surface area contributed by atoms with Gasteiger partial charge >= 0.3 is 6.03 Å². The molecule has 8 nitrogen and oxygen atoms in total. The zero-order valence-electron chi connectivity index (χ0n) is 23.8. The van der Waals surface area contributed by atoms with Crippen LogP contribution in [0, 0.1) is 0 Å². The zero-order chi connectivity index (χ0) is 28.3. The standard InChI is InChI=1S/C33H38N6O2/c1-23(29-21-34-30-11-7-6-10-28(29)30)31(32(40)35-26-13-12-24-14-15-37(2)22-25(24)20-26)36-33(41)39-18-16-38(17-19-39)27-8-4-3-5-9-27/h3-13,20-21,23,31,34H,14-19,22H2,1-2H3,(H,35,40)(H,36,41)/t23-,31-/m1/s1. The van der Waals surface area contributed by atoms with E-state index in [1.165, 1.54) is 11.1 Å². The molecule has 0 radical (unpaired) electrons. The first-order valence-electron chi connectivity index (χ1n) is 14.5. The maximum atomic E-state index is 13.9. The van der Waals surface area contributed by atoms with Crippen LogP contribution in [0.1, 0.15) is 29.5 Å². The fourth-order valence-electron chi connectivity index (χ4n) is 6.09. The van der Waals surface area contributed by atoms with Gasteiger partial charge in [-0.25, -0.2) is 4.79 Å². The van der Waals surface area contributed by atoms with Crippen LogP contribution in [-0.2, 0) is 17.8 Å². The number of urea groups is 1. The highest BCUT2D eigenvalue weighted by molar-refractivity contribution is 5.98. The van der Waals surface area contributed by atoms with Crippen LogP contribution in [0.15, 0.2) is 79.0 Å². The number of piperazine rings is 1. The van der Waals surface area contributed by atoms with Gasteiger partial charge in [0.25, 0.3) is 0 Å². The Bertz CT molecular complexity index is 1530. The summed E-state index contributed by atoms with van der Waals surface area (Å²) in [5, 5.41) is 7.30. The molecule has 0 aliphatic carbocycles. The van der Waals surface area contributed by atoms with Crippen molar-refractivity contribution in [2.24, 2.45) is 0 Å². The SMILES string of the molecule is C[C@H](c1c[nH]c2ccccc12)[C@@H](NC(=O)N1CCN(c2ccccc2)CC1)C(=O)Nc1ccc2c(c1)CN(C)CC2. The molecule has 3 aromatic carbocycles. The summed E-state index contributed by atoms with van der Waals surface area (Å²) >= 11 is 0. The molecule has 0 unspecified atom stereocenters. The molecule has 1 fully saturated rings. The van der Waals surface area contributed by atoms with E-state index in [0.717, 1.165) is 60.4 Å². The molecule has 8 heteroatoms. The predicted octanol–water partition coefficient (Wildman–Crippen LogP) is 4.80. The van der Waals surface area contributed by atoms with Crippen molar-refractivity contribution in [1.29, 1.82) is 0 Å². The third-order valence-electron chi connectivity index (χ3n) is 8.54. The van der Waals surface area contributed by atoms with Gasteiger partial charge in [-0.3, -0.25) is 4.79 Å². The Morgan fingerprint density at radius 1 is 0.878 bits per heavy atom. The fourth-order valence-corrected chi connectivity index (χ4v) is 6.09. The average molecular weight is 551 g/mol. The average Bonchev–Trinajstić information content (AvgIpc) is 3.44. The molecule has 2 atom stereocenters. The van der Waals surface area contributed by atoms with Gasteiger partial charge in [-0.05, 0) is 60.5 Å².